The number of nitro groups is 1. The summed E-state index contributed by atoms with van der Waals surface area (Å²) in [4.78, 5) is 24.7. The molecule has 0 spiro atoms. The monoisotopic (exact) mass is 443 g/mol. The number of hydrogen-bond donors (Lipinski definition) is 1. The first kappa shape index (κ1) is 23.5. The molecule has 0 unspecified atom stereocenters. The van der Waals surface area contributed by atoms with Crippen LogP contribution in [0, 0.1) is 10.1 Å². The molecule has 3 rings (SSSR count). The summed E-state index contributed by atoms with van der Waals surface area (Å²) in [7, 11) is 2.11. The van der Waals surface area contributed by atoms with E-state index in [1.807, 2.05) is 24.3 Å². The van der Waals surface area contributed by atoms with E-state index < -0.39 is 4.92 Å². The second-order valence-electron chi connectivity index (χ2n) is 7.64. The highest BCUT2D eigenvalue weighted by Crippen LogP contribution is 2.19. The number of rotatable bonds is 11. The van der Waals surface area contributed by atoms with Crippen LogP contribution in [0.25, 0.3) is 0 Å². The molecule has 0 atom stereocenters. The Morgan fingerprint density at radius 2 is 1.88 bits per heavy atom. The largest absolute Gasteiger partial charge is 0.492 e. The molecule has 1 amide bonds. The molecule has 9 nitrogen and oxygen atoms in total. The fraction of sp³-hybridized carbons (Fsp3) is 0.435. The summed E-state index contributed by atoms with van der Waals surface area (Å²) in [6.45, 7) is 3.16. The predicted molar refractivity (Wildman–Crippen MR) is 119 cm³/mol. The van der Waals surface area contributed by atoms with Crippen LogP contribution in [0.1, 0.15) is 18.4 Å². The molecule has 32 heavy (non-hydrogen) atoms. The van der Waals surface area contributed by atoms with E-state index in [4.69, 9.17) is 14.2 Å². The van der Waals surface area contributed by atoms with E-state index in [1.54, 1.807) is 6.07 Å². The molecule has 0 bridgehead atoms. The third-order valence-corrected chi connectivity index (χ3v) is 5.31. The number of carbonyl (C=O) groups is 1. The topological polar surface area (TPSA) is 103 Å². The Hall–Kier alpha value is -3.17. The van der Waals surface area contributed by atoms with Crippen LogP contribution < -0.4 is 14.8 Å². The third-order valence-electron chi connectivity index (χ3n) is 5.31. The van der Waals surface area contributed by atoms with Gasteiger partial charge < -0.3 is 19.5 Å². The van der Waals surface area contributed by atoms with Gasteiger partial charge in [0.25, 0.3) is 11.6 Å². The Morgan fingerprint density at radius 3 is 2.62 bits per heavy atom. The maximum atomic E-state index is 12.1. The van der Waals surface area contributed by atoms with Crippen LogP contribution >= 0.6 is 0 Å². The molecule has 0 radical (unpaired) electrons. The van der Waals surface area contributed by atoms with Gasteiger partial charge in [-0.3, -0.25) is 19.8 Å². The SMILES string of the molecule is CN(CCOc1cccc(CNC(=O)COc2cccc([N+](=O)[O-])c2)c1)C1CCOCC1. The van der Waals surface area contributed by atoms with Crippen molar-refractivity contribution in [3.63, 3.8) is 0 Å². The van der Waals surface area contributed by atoms with Crippen molar-refractivity contribution < 1.29 is 23.9 Å². The Morgan fingerprint density at radius 1 is 1.16 bits per heavy atom. The van der Waals surface area contributed by atoms with E-state index in [9.17, 15) is 14.9 Å². The molecule has 0 aliphatic carbocycles. The summed E-state index contributed by atoms with van der Waals surface area (Å²) in [6, 6.07) is 13.9. The van der Waals surface area contributed by atoms with E-state index in [2.05, 4.69) is 17.3 Å². The van der Waals surface area contributed by atoms with Gasteiger partial charge in [-0.1, -0.05) is 18.2 Å². The molecule has 172 valence electrons. The molecular formula is C23H29N3O6. The maximum Gasteiger partial charge on any atom is 0.273 e. The lowest BCUT2D eigenvalue weighted by Gasteiger charge is -2.31. The van der Waals surface area contributed by atoms with Crippen LogP contribution in [-0.4, -0.2) is 61.8 Å². The molecule has 1 N–H and O–H groups in total. The molecular weight excluding hydrogens is 414 g/mol. The number of nitro benzene ring substituents is 1. The van der Waals surface area contributed by atoms with Crippen LogP contribution in [0.4, 0.5) is 5.69 Å². The molecule has 0 aromatic heterocycles. The Kier molecular flexibility index (Phi) is 8.82. The highest BCUT2D eigenvalue weighted by molar-refractivity contribution is 5.77. The van der Waals surface area contributed by atoms with Gasteiger partial charge in [0.1, 0.15) is 18.1 Å². The third kappa shape index (κ3) is 7.51. The van der Waals surface area contributed by atoms with E-state index in [1.165, 1.54) is 18.2 Å². The normalized spacial score (nSPS) is 14.2. The van der Waals surface area contributed by atoms with E-state index in [-0.39, 0.29) is 24.0 Å². The number of carbonyl (C=O) groups excluding carboxylic acids is 1. The highest BCUT2D eigenvalue weighted by Gasteiger charge is 2.18. The first-order chi connectivity index (χ1) is 15.5. The van der Waals surface area contributed by atoms with Crippen molar-refractivity contribution >= 4 is 11.6 Å². The minimum atomic E-state index is -0.509. The van der Waals surface area contributed by atoms with Crippen LogP contribution in [0.15, 0.2) is 48.5 Å². The molecule has 0 saturated carbocycles. The second-order valence-corrected chi connectivity index (χ2v) is 7.64. The Bertz CT molecular complexity index is 901. The van der Waals surface area contributed by atoms with Gasteiger partial charge in [0, 0.05) is 38.4 Å². The van der Waals surface area contributed by atoms with Gasteiger partial charge in [-0.15, -0.1) is 0 Å². The van der Waals surface area contributed by atoms with Crippen molar-refractivity contribution in [2.75, 3.05) is 40.0 Å². The zero-order valence-electron chi connectivity index (χ0n) is 18.2. The number of amides is 1. The van der Waals surface area contributed by atoms with Crippen LogP contribution in [-0.2, 0) is 16.1 Å². The van der Waals surface area contributed by atoms with Gasteiger partial charge in [-0.2, -0.15) is 0 Å². The zero-order chi connectivity index (χ0) is 22.8. The van der Waals surface area contributed by atoms with Crippen LogP contribution in [0.3, 0.4) is 0 Å². The van der Waals surface area contributed by atoms with E-state index in [0.29, 0.717) is 19.2 Å². The number of non-ortho nitro benzene ring substituents is 1. The molecule has 1 saturated heterocycles. The quantitative estimate of drug-likeness (QED) is 0.421. The minimum Gasteiger partial charge on any atom is -0.492 e. The van der Waals surface area contributed by atoms with Gasteiger partial charge in [-0.25, -0.2) is 0 Å². The minimum absolute atomic E-state index is 0.0846. The number of likely N-dealkylation sites (N-methyl/N-ethyl adjacent to an activating group) is 1. The Balaban J connectivity index is 1.39. The smallest absolute Gasteiger partial charge is 0.273 e. The summed E-state index contributed by atoms with van der Waals surface area (Å²) in [5.41, 5.74) is 0.822. The number of nitrogens with zero attached hydrogens (tertiary/aromatic N) is 2. The summed E-state index contributed by atoms with van der Waals surface area (Å²) in [5.74, 6) is 0.710. The van der Waals surface area contributed by atoms with Gasteiger partial charge in [0.2, 0.25) is 0 Å². The summed E-state index contributed by atoms with van der Waals surface area (Å²) >= 11 is 0. The fourth-order valence-electron chi connectivity index (χ4n) is 3.45. The first-order valence-corrected chi connectivity index (χ1v) is 10.6. The lowest BCUT2D eigenvalue weighted by atomic mass is 10.1. The Labute approximate surface area is 187 Å². The summed E-state index contributed by atoms with van der Waals surface area (Å²) < 4.78 is 16.6. The maximum absolute atomic E-state index is 12.1. The number of ether oxygens (including phenoxy) is 3. The summed E-state index contributed by atoms with van der Waals surface area (Å²) in [6.07, 6.45) is 2.10. The van der Waals surface area contributed by atoms with E-state index >= 15 is 0 Å². The number of hydrogen-bond acceptors (Lipinski definition) is 7. The standard InChI is InChI=1S/C23H29N3O6/c1-25(19-8-11-30-12-9-19)10-13-31-21-6-2-4-18(14-21)16-24-23(27)17-32-22-7-3-5-20(15-22)26(28)29/h2-7,14-15,19H,8-13,16-17H2,1H3,(H,24,27). The molecule has 2 aromatic rings. The molecule has 1 heterocycles. The molecule has 1 fully saturated rings. The van der Waals surface area contributed by atoms with Gasteiger partial charge in [-0.05, 0) is 43.7 Å². The lowest BCUT2D eigenvalue weighted by molar-refractivity contribution is -0.384. The predicted octanol–water partition coefficient (Wildman–Crippen LogP) is 2.78. The number of nitrogens with one attached hydrogen (secondary N) is 1. The number of benzene rings is 2. The van der Waals surface area contributed by atoms with Crippen molar-refractivity contribution in [2.24, 2.45) is 0 Å². The molecule has 1 aliphatic rings. The fourth-order valence-corrected chi connectivity index (χ4v) is 3.45. The van der Waals surface area contributed by atoms with Gasteiger partial charge in [0.05, 0.1) is 11.0 Å². The van der Waals surface area contributed by atoms with Gasteiger partial charge in [0.15, 0.2) is 6.61 Å². The first-order valence-electron chi connectivity index (χ1n) is 10.6. The van der Waals surface area contributed by atoms with Crippen LogP contribution in [0.5, 0.6) is 11.5 Å². The van der Waals surface area contributed by atoms with E-state index in [0.717, 1.165) is 43.9 Å². The van der Waals surface area contributed by atoms with Crippen molar-refractivity contribution in [3.8, 4) is 11.5 Å². The average molecular weight is 444 g/mol. The molecule has 9 heteroatoms. The molecule has 2 aromatic carbocycles. The van der Waals surface area contributed by atoms with Crippen molar-refractivity contribution in [2.45, 2.75) is 25.4 Å². The zero-order valence-corrected chi connectivity index (χ0v) is 18.2. The summed E-state index contributed by atoms with van der Waals surface area (Å²) in [5, 5.41) is 13.6. The van der Waals surface area contributed by atoms with Crippen LogP contribution in [0.2, 0.25) is 0 Å². The van der Waals surface area contributed by atoms with Crippen molar-refractivity contribution in [1.29, 1.82) is 0 Å². The molecule has 1 aliphatic heterocycles. The average Bonchev–Trinajstić information content (AvgIpc) is 2.82. The van der Waals surface area contributed by atoms with Crippen molar-refractivity contribution in [1.82, 2.24) is 10.2 Å². The highest BCUT2D eigenvalue weighted by atomic mass is 16.6. The van der Waals surface area contributed by atoms with Gasteiger partial charge >= 0.3 is 0 Å². The lowest BCUT2D eigenvalue weighted by Crippen LogP contribution is -2.38. The second kappa shape index (κ2) is 12.0. The van der Waals surface area contributed by atoms with Crippen molar-refractivity contribution in [3.05, 3.63) is 64.2 Å².